The Hall–Kier alpha value is -3.29. The number of rotatable bonds is 7. The van der Waals surface area contributed by atoms with Crippen molar-refractivity contribution in [1.82, 2.24) is 9.47 Å². The first-order valence-corrected chi connectivity index (χ1v) is 14.7. The fraction of sp³-hybridized carbons (Fsp3) is 0.448. The van der Waals surface area contributed by atoms with Crippen LogP contribution in [-0.4, -0.2) is 39.6 Å². The van der Waals surface area contributed by atoms with Gasteiger partial charge in [-0.2, -0.15) is 5.26 Å². The van der Waals surface area contributed by atoms with E-state index in [2.05, 4.69) is 17.9 Å². The molecule has 0 N–H and O–H groups in total. The predicted octanol–water partition coefficient (Wildman–Crippen LogP) is 5.34. The number of unbranched alkanes of at least 4 members (excludes halogenated alkanes) is 1. The molecule has 1 amide bonds. The van der Waals surface area contributed by atoms with Crippen LogP contribution in [0.3, 0.4) is 0 Å². The lowest BCUT2D eigenvalue weighted by Gasteiger charge is -2.29. The summed E-state index contributed by atoms with van der Waals surface area (Å²) in [6.45, 7) is 6.60. The fourth-order valence-corrected chi connectivity index (χ4v) is 6.52. The molecule has 39 heavy (non-hydrogen) atoms. The molecule has 4 heterocycles. The molecule has 0 aliphatic carbocycles. The van der Waals surface area contributed by atoms with Crippen LogP contribution in [0.5, 0.6) is 11.5 Å². The highest BCUT2D eigenvalue weighted by atomic mass is 32.2. The second kappa shape index (κ2) is 11.8. The molecule has 0 spiro atoms. The average Bonchev–Trinajstić information content (AvgIpc) is 3.37. The number of nitrogens with zero attached hydrogens (tertiary/aromatic N) is 4. The van der Waals surface area contributed by atoms with Crippen molar-refractivity contribution in [1.29, 1.82) is 5.26 Å². The number of ether oxygens (including phenoxy) is 2. The van der Waals surface area contributed by atoms with Crippen molar-refractivity contribution in [3.8, 4) is 17.6 Å². The second-order valence-electron chi connectivity index (χ2n) is 10.0. The van der Waals surface area contributed by atoms with Crippen LogP contribution in [0.15, 0.2) is 27.9 Å². The smallest absolute Gasteiger partial charge is 0.270 e. The molecule has 2 fully saturated rings. The van der Waals surface area contributed by atoms with Crippen LogP contribution in [0.2, 0.25) is 0 Å². The molecule has 8 nitrogen and oxygen atoms in total. The molecule has 0 bridgehead atoms. The van der Waals surface area contributed by atoms with Crippen molar-refractivity contribution < 1.29 is 14.3 Å². The highest BCUT2D eigenvalue weighted by Crippen LogP contribution is 2.38. The van der Waals surface area contributed by atoms with Crippen LogP contribution in [0, 0.1) is 18.3 Å². The Balaban J connectivity index is 1.56. The first-order valence-electron chi connectivity index (χ1n) is 13.5. The van der Waals surface area contributed by atoms with Crippen LogP contribution >= 0.6 is 24.0 Å². The second-order valence-corrected chi connectivity index (χ2v) is 11.7. The number of thioether (sulfide) groups is 1. The van der Waals surface area contributed by atoms with Gasteiger partial charge in [-0.1, -0.05) is 56.2 Å². The molecule has 3 aliphatic heterocycles. The number of hydrogen-bond donors (Lipinski definition) is 0. The van der Waals surface area contributed by atoms with E-state index in [4.69, 9.17) is 21.7 Å². The molecule has 0 radical (unpaired) electrons. The number of thiocarbonyl (C=S) groups is 1. The fourth-order valence-electron chi connectivity index (χ4n) is 5.28. The molecule has 204 valence electrons. The molecule has 2 aromatic rings. The molecule has 1 aromatic heterocycles. The number of aromatic nitrogens is 1. The molecule has 0 saturated carbocycles. The van der Waals surface area contributed by atoms with E-state index < -0.39 is 0 Å². The molecule has 5 rings (SSSR count). The molecule has 3 aliphatic rings. The van der Waals surface area contributed by atoms with E-state index in [1.165, 1.54) is 11.8 Å². The van der Waals surface area contributed by atoms with Crippen molar-refractivity contribution in [2.75, 3.05) is 24.8 Å². The van der Waals surface area contributed by atoms with Gasteiger partial charge in [0.2, 0.25) is 6.79 Å². The standard InChI is InChI=1S/C29H32N4O4S2/c1-3-4-13-32-26(31-11-7-5-6-8-12-31)21(19(2)22(16-30)27(32)34)15-25-28(35)33(29(38)39-25)17-20-9-10-23-24(14-20)37-18-36-23/h9-10,14-15H,3-8,11-13,17-18H2,1-2H3. The summed E-state index contributed by atoms with van der Waals surface area (Å²) in [7, 11) is 0. The average molecular weight is 565 g/mol. The van der Waals surface area contributed by atoms with E-state index in [0.29, 0.717) is 39.4 Å². The van der Waals surface area contributed by atoms with Crippen molar-refractivity contribution in [2.24, 2.45) is 0 Å². The number of carbonyl (C=O) groups excluding carboxylic acids is 1. The van der Waals surface area contributed by atoms with Crippen LogP contribution in [0.1, 0.15) is 67.7 Å². The van der Waals surface area contributed by atoms with E-state index in [1.54, 1.807) is 9.47 Å². The minimum Gasteiger partial charge on any atom is -0.454 e. The lowest BCUT2D eigenvalue weighted by Crippen LogP contribution is -2.35. The van der Waals surface area contributed by atoms with Crippen LogP contribution in [0.4, 0.5) is 5.82 Å². The van der Waals surface area contributed by atoms with E-state index in [-0.39, 0.29) is 23.8 Å². The van der Waals surface area contributed by atoms with Gasteiger partial charge < -0.3 is 14.4 Å². The summed E-state index contributed by atoms with van der Waals surface area (Å²) < 4.78 is 13.1. The third-order valence-electron chi connectivity index (χ3n) is 7.41. The number of fused-ring (bicyclic) bond motifs is 1. The normalized spacial score (nSPS) is 18.1. The zero-order valence-electron chi connectivity index (χ0n) is 22.3. The van der Waals surface area contributed by atoms with E-state index >= 15 is 0 Å². The van der Waals surface area contributed by atoms with Gasteiger partial charge in [-0.25, -0.2) is 0 Å². The predicted molar refractivity (Wildman–Crippen MR) is 157 cm³/mol. The Morgan fingerprint density at radius 3 is 2.59 bits per heavy atom. The van der Waals surface area contributed by atoms with Gasteiger partial charge in [0, 0.05) is 25.2 Å². The molecule has 10 heteroatoms. The zero-order valence-corrected chi connectivity index (χ0v) is 24.0. The lowest BCUT2D eigenvalue weighted by atomic mass is 10.0. The van der Waals surface area contributed by atoms with E-state index in [1.807, 2.05) is 31.2 Å². The SMILES string of the molecule is CCCCn1c(N2CCCCCC2)c(C=C2SC(=S)N(Cc3ccc4c(c3)OCO4)C2=O)c(C)c(C#N)c1=O. The first-order chi connectivity index (χ1) is 18.9. The number of benzene rings is 1. The Bertz CT molecular complexity index is 1430. The summed E-state index contributed by atoms with van der Waals surface area (Å²) in [6, 6.07) is 7.75. The van der Waals surface area contributed by atoms with Gasteiger partial charge in [0.15, 0.2) is 11.5 Å². The summed E-state index contributed by atoms with van der Waals surface area (Å²) in [4.78, 5) is 31.5. The van der Waals surface area contributed by atoms with Gasteiger partial charge in [-0.3, -0.25) is 19.1 Å². The molecule has 1 aromatic carbocycles. The maximum Gasteiger partial charge on any atom is 0.270 e. The number of hydrogen-bond acceptors (Lipinski definition) is 8. The Morgan fingerprint density at radius 1 is 1.13 bits per heavy atom. The third kappa shape index (κ3) is 5.43. The summed E-state index contributed by atoms with van der Waals surface area (Å²) >= 11 is 6.88. The summed E-state index contributed by atoms with van der Waals surface area (Å²) in [6.07, 6.45) is 7.98. The van der Waals surface area contributed by atoms with Gasteiger partial charge >= 0.3 is 0 Å². The van der Waals surface area contributed by atoms with Crippen LogP contribution < -0.4 is 19.9 Å². The van der Waals surface area contributed by atoms with E-state index in [0.717, 1.165) is 68.6 Å². The quantitative estimate of drug-likeness (QED) is 0.329. The van der Waals surface area contributed by atoms with Crippen molar-refractivity contribution in [3.05, 3.63) is 55.7 Å². The van der Waals surface area contributed by atoms with Crippen LogP contribution in [0.25, 0.3) is 6.08 Å². The van der Waals surface area contributed by atoms with Crippen LogP contribution in [-0.2, 0) is 17.9 Å². The van der Waals surface area contributed by atoms with Crippen molar-refractivity contribution in [3.63, 3.8) is 0 Å². The molecule has 2 saturated heterocycles. The number of amides is 1. The third-order valence-corrected chi connectivity index (χ3v) is 8.79. The summed E-state index contributed by atoms with van der Waals surface area (Å²) in [5.74, 6) is 1.97. The molecular weight excluding hydrogens is 532 g/mol. The maximum atomic E-state index is 13.6. The van der Waals surface area contributed by atoms with Gasteiger partial charge in [0.1, 0.15) is 21.8 Å². The number of pyridine rings is 1. The van der Waals surface area contributed by atoms with Gasteiger partial charge in [0.25, 0.3) is 11.5 Å². The lowest BCUT2D eigenvalue weighted by molar-refractivity contribution is -0.122. The topological polar surface area (TPSA) is 87.8 Å². The van der Waals surface area contributed by atoms with Gasteiger partial charge in [-0.15, -0.1) is 0 Å². The summed E-state index contributed by atoms with van der Waals surface area (Å²) in [5, 5.41) is 9.93. The highest BCUT2D eigenvalue weighted by Gasteiger charge is 2.34. The number of nitriles is 1. The van der Waals surface area contributed by atoms with Gasteiger partial charge in [0.05, 0.1) is 11.4 Å². The molecule has 0 atom stereocenters. The number of carbonyl (C=O) groups is 1. The van der Waals surface area contributed by atoms with Crippen molar-refractivity contribution >= 4 is 46.1 Å². The minimum atomic E-state index is -0.254. The summed E-state index contributed by atoms with van der Waals surface area (Å²) in [5.41, 5.74) is 2.13. The number of anilines is 1. The monoisotopic (exact) mass is 564 g/mol. The van der Waals surface area contributed by atoms with E-state index in [9.17, 15) is 14.9 Å². The Morgan fingerprint density at radius 2 is 1.87 bits per heavy atom. The zero-order chi connectivity index (χ0) is 27.5. The molecule has 0 unspecified atom stereocenters. The highest BCUT2D eigenvalue weighted by molar-refractivity contribution is 8.26. The Kier molecular flexibility index (Phi) is 8.29. The van der Waals surface area contributed by atoms with Gasteiger partial charge in [-0.05, 0) is 55.5 Å². The maximum absolute atomic E-state index is 13.6. The Labute approximate surface area is 238 Å². The largest absolute Gasteiger partial charge is 0.454 e. The van der Waals surface area contributed by atoms with Crippen molar-refractivity contribution in [2.45, 2.75) is 65.5 Å². The first kappa shape index (κ1) is 27.3. The minimum absolute atomic E-state index is 0.131. The molecular formula is C29H32N4O4S2.